The van der Waals surface area contributed by atoms with Gasteiger partial charge in [-0.05, 0) is 36.5 Å². The van der Waals surface area contributed by atoms with Gasteiger partial charge in [-0.15, -0.1) is 11.3 Å². The van der Waals surface area contributed by atoms with Crippen molar-refractivity contribution in [2.75, 3.05) is 5.32 Å². The molecule has 1 aromatic heterocycles. The number of anilines is 1. The van der Waals surface area contributed by atoms with Gasteiger partial charge in [-0.25, -0.2) is 4.98 Å². The van der Waals surface area contributed by atoms with Crippen molar-refractivity contribution in [3.05, 3.63) is 45.9 Å². The van der Waals surface area contributed by atoms with Crippen molar-refractivity contribution in [2.45, 2.75) is 0 Å². The Labute approximate surface area is 122 Å². The molecule has 0 aliphatic carbocycles. The van der Waals surface area contributed by atoms with Crippen molar-refractivity contribution in [2.24, 2.45) is 0 Å². The van der Waals surface area contributed by atoms with Gasteiger partial charge in [0.15, 0.2) is 10.2 Å². The third-order valence-electron chi connectivity index (χ3n) is 1.99. The molecule has 0 spiro atoms. The van der Waals surface area contributed by atoms with Gasteiger partial charge in [-0.1, -0.05) is 15.9 Å². The zero-order valence-corrected chi connectivity index (χ0v) is 12.2. The van der Waals surface area contributed by atoms with Gasteiger partial charge in [0.25, 0.3) is 5.91 Å². The molecule has 2 N–H and O–H groups in total. The van der Waals surface area contributed by atoms with E-state index in [1.54, 1.807) is 30.5 Å². The molecule has 18 heavy (non-hydrogen) atoms. The van der Waals surface area contributed by atoms with Gasteiger partial charge in [-0.2, -0.15) is 0 Å². The van der Waals surface area contributed by atoms with E-state index in [1.807, 2.05) is 5.38 Å². The maximum absolute atomic E-state index is 11.8. The lowest BCUT2D eigenvalue weighted by atomic mass is 10.2. The molecule has 2 aromatic rings. The minimum Gasteiger partial charge on any atom is -0.308 e. The predicted molar refractivity (Wildman–Crippen MR) is 79.9 cm³/mol. The molecule has 0 saturated heterocycles. The fourth-order valence-corrected chi connectivity index (χ4v) is 2.24. The third kappa shape index (κ3) is 3.59. The zero-order chi connectivity index (χ0) is 13.0. The second kappa shape index (κ2) is 6.03. The van der Waals surface area contributed by atoms with E-state index >= 15 is 0 Å². The minimum absolute atomic E-state index is 0.234. The Bertz CT molecular complexity index is 554. The van der Waals surface area contributed by atoms with Crippen LogP contribution in [0.25, 0.3) is 0 Å². The highest BCUT2D eigenvalue weighted by Crippen LogP contribution is 2.11. The Morgan fingerprint density at radius 2 is 2.06 bits per heavy atom. The first-order chi connectivity index (χ1) is 8.65. The van der Waals surface area contributed by atoms with Gasteiger partial charge in [0.05, 0.1) is 0 Å². The van der Waals surface area contributed by atoms with Crippen molar-refractivity contribution >= 4 is 55.6 Å². The molecule has 1 aromatic carbocycles. The molecule has 0 radical (unpaired) electrons. The Hall–Kier alpha value is -1.31. The van der Waals surface area contributed by atoms with Crippen LogP contribution in [0.5, 0.6) is 0 Å². The van der Waals surface area contributed by atoms with E-state index in [1.165, 1.54) is 11.3 Å². The molecule has 1 heterocycles. The number of rotatable bonds is 2. The number of benzene rings is 1. The lowest BCUT2D eigenvalue weighted by molar-refractivity contribution is 0.0977. The van der Waals surface area contributed by atoms with Crippen LogP contribution in [0, 0.1) is 0 Å². The summed E-state index contributed by atoms with van der Waals surface area (Å²) in [6.07, 6.45) is 1.66. The molecule has 0 bridgehead atoms. The van der Waals surface area contributed by atoms with E-state index in [-0.39, 0.29) is 11.0 Å². The van der Waals surface area contributed by atoms with Gasteiger partial charge < -0.3 is 5.32 Å². The van der Waals surface area contributed by atoms with Crippen molar-refractivity contribution in [3.8, 4) is 0 Å². The summed E-state index contributed by atoms with van der Waals surface area (Å²) in [7, 11) is 0. The highest BCUT2D eigenvalue weighted by atomic mass is 79.9. The average molecular weight is 342 g/mol. The topological polar surface area (TPSA) is 54.0 Å². The second-order valence-corrected chi connectivity index (χ2v) is 5.47. The lowest BCUT2D eigenvalue weighted by Gasteiger charge is -2.07. The van der Waals surface area contributed by atoms with Crippen LogP contribution in [0.1, 0.15) is 10.4 Å². The van der Waals surface area contributed by atoms with Crippen molar-refractivity contribution in [3.63, 3.8) is 0 Å². The molecule has 2 rings (SSSR count). The minimum atomic E-state index is -0.253. The molecule has 7 heteroatoms. The molecule has 0 saturated carbocycles. The van der Waals surface area contributed by atoms with Gasteiger partial charge in [-0.3, -0.25) is 10.1 Å². The van der Waals surface area contributed by atoms with Crippen LogP contribution in [0.4, 0.5) is 5.13 Å². The number of halogens is 1. The highest BCUT2D eigenvalue weighted by molar-refractivity contribution is 9.10. The number of carbonyl (C=O) groups is 1. The van der Waals surface area contributed by atoms with Crippen LogP contribution in [-0.4, -0.2) is 16.0 Å². The first-order valence-electron chi connectivity index (χ1n) is 4.92. The number of hydrogen-bond acceptors (Lipinski definition) is 4. The molecule has 0 fully saturated rings. The number of aromatic nitrogens is 1. The zero-order valence-electron chi connectivity index (χ0n) is 9.01. The number of thiocarbonyl (C=S) groups is 1. The summed E-state index contributed by atoms with van der Waals surface area (Å²) >= 11 is 9.74. The van der Waals surface area contributed by atoms with Gasteiger partial charge in [0.1, 0.15) is 0 Å². The number of nitrogens with one attached hydrogen (secondary N) is 2. The summed E-state index contributed by atoms with van der Waals surface area (Å²) in [5, 5.41) is 8.12. The van der Waals surface area contributed by atoms with E-state index in [0.29, 0.717) is 10.7 Å². The Kier molecular flexibility index (Phi) is 4.40. The van der Waals surface area contributed by atoms with E-state index < -0.39 is 0 Å². The Morgan fingerprint density at radius 1 is 1.33 bits per heavy atom. The van der Waals surface area contributed by atoms with E-state index in [0.717, 1.165) is 4.47 Å². The van der Waals surface area contributed by atoms with E-state index in [9.17, 15) is 4.79 Å². The normalized spacial score (nSPS) is 9.83. The van der Waals surface area contributed by atoms with Gasteiger partial charge >= 0.3 is 0 Å². The van der Waals surface area contributed by atoms with Crippen molar-refractivity contribution in [1.82, 2.24) is 10.3 Å². The predicted octanol–water partition coefficient (Wildman–Crippen LogP) is 3.03. The maximum Gasteiger partial charge on any atom is 0.257 e. The number of thiazole rings is 1. The molecule has 1 amide bonds. The summed E-state index contributed by atoms with van der Waals surface area (Å²) in [6, 6.07) is 7.02. The monoisotopic (exact) mass is 341 g/mol. The number of hydrogen-bond donors (Lipinski definition) is 2. The largest absolute Gasteiger partial charge is 0.308 e. The molecule has 0 unspecified atom stereocenters. The molecular formula is C11H8BrN3OS2. The summed E-state index contributed by atoms with van der Waals surface area (Å²) < 4.78 is 0.919. The first-order valence-corrected chi connectivity index (χ1v) is 7.00. The fourth-order valence-electron chi connectivity index (χ4n) is 1.19. The molecule has 0 aliphatic rings. The quantitative estimate of drug-likeness (QED) is 0.824. The molecular weight excluding hydrogens is 334 g/mol. The summed E-state index contributed by atoms with van der Waals surface area (Å²) in [6.45, 7) is 0. The van der Waals surface area contributed by atoms with Crippen LogP contribution in [0.2, 0.25) is 0 Å². The molecule has 92 valence electrons. The Balaban J connectivity index is 1.95. The third-order valence-corrected chi connectivity index (χ3v) is 3.41. The molecule has 0 atom stereocenters. The van der Waals surface area contributed by atoms with E-state index in [4.69, 9.17) is 12.2 Å². The second-order valence-electron chi connectivity index (χ2n) is 3.25. The molecule has 4 nitrogen and oxygen atoms in total. The smallest absolute Gasteiger partial charge is 0.257 e. The average Bonchev–Trinajstić information content (AvgIpc) is 2.82. The lowest BCUT2D eigenvalue weighted by Crippen LogP contribution is -2.34. The molecule has 0 aliphatic heterocycles. The van der Waals surface area contributed by atoms with Crippen LogP contribution in [0.15, 0.2) is 40.3 Å². The maximum atomic E-state index is 11.8. The van der Waals surface area contributed by atoms with Crippen molar-refractivity contribution in [1.29, 1.82) is 0 Å². The highest BCUT2D eigenvalue weighted by Gasteiger charge is 2.08. The standard InChI is InChI=1S/C11H8BrN3OS2/c12-8-3-1-7(2-4-8)9(16)14-10(17)15-11-13-5-6-18-11/h1-6H,(H2,13,14,15,16,17). The van der Waals surface area contributed by atoms with Crippen LogP contribution < -0.4 is 10.6 Å². The number of nitrogens with zero attached hydrogens (tertiary/aromatic N) is 1. The summed E-state index contributed by atoms with van der Waals surface area (Å²) in [4.78, 5) is 15.8. The Morgan fingerprint density at radius 3 is 2.67 bits per heavy atom. The van der Waals surface area contributed by atoms with Crippen molar-refractivity contribution < 1.29 is 4.79 Å². The fraction of sp³-hybridized carbons (Fsp3) is 0. The van der Waals surface area contributed by atoms with E-state index in [2.05, 4.69) is 31.5 Å². The van der Waals surface area contributed by atoms with Gasteiger partial charge in [0, 0.05) is 21.6 Å². The van der Waals surface area contributed by atoms with Crippen LogP contribution in [0.3, 0.4) is 0 Å². The van der Waals surface area contributed by atoms with Gasteiger partial charge in [0.2, 0.25) is 0 Å². The number of carbonyl (C=O) groups excluding carboxylic acids is 1. The summed E-state index contributed by atoms with van der Waals surface area (Å²) in [5.41, 5.74) is 0.543. The van der Waals surface area contributed by atoms with Crippen LogP contribution >= 0.6 is 39.5 Å². The first kappa shape index (κ1) is 13.1. The SMILES string of the molecule is O=C(NC(=S)Nc1nccs1)c1ccc(Br)cc1. The number of amides is 1. The summed E-state index contributed by atoms with van der Waals surface area (Å²) in [5.74, 6) is -0.253. The van der Waals surface area contributed by atoms with Crippen LogP contribution in [-0.2, 0) is 0 Å².